The molecular weight excluding hydrogens is 334 g/mol. The summed E-state index contributed by atoms with van der Waals surface area (Å²) in [5.74, 6) is 0.393. The van der Waals surface area contributed by atoms with Crippen molar-refractivity contribution in [2.75, 3.05) is 25.0 Å². The van der Waals surface area contributed by atoms with Gasteiger partial charge in [-0.25, -0.2) is 0 Å². The van der Waals surface area contributed by atoms with Crippen LogP contribution in [0.1, 0.15) is 33.1 Å². The molecule has 6 heteroatoms. The third-order valence-corrected chi connectivity index (χ3v) is 6.22. The number of thioether (sulfide) groups is 1. The molecule has 2 N–H and O–H groups in total. The monoisotopic (exact) mass is 361 g/mol. The number of fused-ring (bicyclic) bond motifs is 1. The number of hydrogen-bond donors (Lipinski definition) is 2. The second-order valence-corrected chi connectivity index (χ2v) is 8.44. The fourth-order valence-corrected chi connectivity index (χ4v) is 4.57. The van der Waals surface area contributed by atoms with Crippen LogP contribution in [0.2, 0.25) is 0 Å². The van der Waals surface area contributed by atoms with Crippen LogP contribution in [0.3, 0.4) is 0 Å². The van der Waals surface area contributed by atoms with Crippen molar-refractivity contribution in [2.24, 2.45) is 5.92 Å². The van der Waals surface area contributed by atoms with Crippen molar-refractivity contribution < 1.29 is 9.59 Å². The van der Waals surface area contributed by atoms with Crippen LogP contribution >= 0.6 is 11.8 Å². The van der Waals surface area contributed by atoms with Crippen LogP contribution in [0.5, 0.6) is 0 Å². The number of para-hydroxylation sites is 1. The second kappa shape index (κ2) is 8.23. The van der Waals surface area contributed by atoms with Gasteiger partial charge in [-0.15, -0.1) is 11.8 Å². The Labute approximate surface area is 153 Å². The zero-order valence-electron chi connectivity index (χ0n) is 15.0. The Bertz CT molecular complexity index is 635. The highest BCUT2D eigenvalue weighted by Gasteiger charge is 2.29. The van der Waals surface area contributed by atoms with Gasteiger partial charge in [0.25, 0.3) is 0 Å². The first-order chi connectivity index (χ1) is 12.0. The van der Waals surface area contributed by atoms with Crippen LogP contribution in [-0.2, 0) is 9.59 Å². The molecule has 1 fully saturated rings. The Kier molecular flexibility index (Phi) is 6.02. The van der Waals surface area contributed by atoms with Crippen molar-refractivity contribution in [3.63, 3.8) is 0 Å². The van der Waals surface area contributed by atoms with E-state index in [0.717, 1.165) is 30.1 Å². The van der Waals surface area contributed by atoms with Crippen molar-refractivity contribution in [3.05, 3.63) is 24.3 Å². The maximum absolute atomic E-state index is 12.3. The number of rotatable bonds is 5. The molecule has 25 heavy (non-hydrogen) atoms. The lowest BCUT2D eigenvalue weighted by molar-refractivity contribution is -0.124. The highest BCUT2D eigenvalue weighted by Crippen LogP contribution is 2.36. The molecule has 2 heterocycles. The first-order valence-electron chi connectivity index (χ1n) is 9.10. The number of carbonyl (C=O) groups is 2. The summed E-state index contributed by atoms with van der Waals surface area (Å²) >= 11 is 1.48. The Morgan fingerprint density at radius 3 is 3.00 bits per heavy atom. The molecule has 2 unspecified atom stereocenters. The van der Waals surface area contributed by atoms with Gasteiger partial charge in [-0.05, 0) is 51.3 Å². The lowest BCUT2D eigenvalue weighted by atomic mass is 9.97. The fourth-order valence-electron chi connectivity index (χ4n) is 3.46. The molecule has 0 bridgehead atoms. The fraction of sp³-hybridized carbons (Fsp3) is 0.579. The molecule has 2 aliphatic rings. The molecule has 3 rings (SSSR count). The van der Waals surface area contributed by atoms with E-state index >= 15 is 0 Å². The van der Waals surface area contributed by atoms with Crippen molar-refractivity contribution in [3.8, 4) is 0 Å². The third-order valence-electron chi connectivity index (χ3n) is 4.95. The summed E-state index contributed by atoms with van der Waals surface area (Å²) in [6.07, 6.45) is 2.58. The third kappa shape index (κ3) is 4.76. The maximum Gasteiger partial charge on any atom is 0.238 e. The smallest absolute Gasteiger partial charge is 0.238 e. The quantitative estimate of drug-likeness (QED) is 0.847. The molecular formula is C19H27N3O2S. The average Bonchev–Trinajstić information content (AvgIpc) is 2.61. The number of likely N-dealkylation sites (tertiary alicyclic amines) is 1. The largest absolute Gasteiger partial charge is 0.356 e. The van der Waals surface area contributed by atoms with Gasteiger partial charge >= 0.3 is 0 Å². The molecule has 0 aromatic heterocycles. The van der Waals surface area contributed by atoms with Crippen LogP contribution in [0.25, 0.3) is 0 Å². The van der Waals surface area contributed by atoms with Crippen molar-refractivity contribution in [2.45, 2.75) is 49.3 Å². The molecule has 136 valence electrons. The number of amides is 2. The second-order valence-electron chi connectivity index (χ2n) is 7.20. The molecule has 1 saturated heterocycles. The van der Waals surface area contributed by atoms with Gasteiger partial charge in [0.05, 0.1) is 10.9 Å². The van der Waals surface area contributed by atoms with Gasteiger partial charge in [0.15, 0.2) is 0 Å². The van der Waals surface area contributed by atoms with E-state index in [1.807, 2.05) is 24.3 Å². The molecule has 0 aliphatic carbocycles. The minimum atomic E-state index is -0.353. The van der Waals surface area contributed by atoms with E-state index in [2.05, 4.69) is 29.4 Å². The molecule has 2 aliphatic heterocycles. The van der Waals surface area contributed by atoms with Gasteiger partial charge in [0.1, 0.15) is 0 Å². The molecule has 5 nitrogen and oxygen atoms in total. The summed E-state index contributed by atoms with van der Waals surface area (Å²) < 4.78 is 0. The summed E-state index contributed by atoms with van der Waals surface area (Å²) in [7, 11) is 0. The van der Waals surface area contributed by atoms with Crippen LogP contribution in [0.4, 0.5) is 5.69 Å². The highest BCUT2D eigenvalue weighted by molar-refractivity contribution is 8.01. The minimum Gasteiger partial charge on any atom is -0.356 e. The Morgan fingerprint density at radius 1 is 1.40 bits per heavy atom. The molecule has 0 radical (unpaired) electrons. The number of benzene rings is 1. The Hall–Kier alpha value is -1.53. The van der Waals surface area contributed by atoms with E-state index in [-0.39, 0.29) is 23.5 Å². The molecule has 0 spiro atoms. The molecule has 0 saturated carbocycles. The summed E-state index contributed by atoms with van der Waals surface area (Å²) in [5.41, 5.74) is 0.838. The van der Waals surface area contributed by atoms with Gasteiger partial charge in [-0.2, -0.15) is 0 Å². The van der Waals surface area contributed by atoms with Crippen molar-refractivity contribution in [1.82, 2.24) is 10.2 Å². The normalized spacial score (nSPS) is 23.9. The molecule has 2 amide bonds. The Morgan fingerprint density at radius 2 is 2.20 bits per heavy atom. The number of nitrogens with one attached hydrogen (secondary N) is 2. The number of piperidine rings is 1. The van der Waals surface area contributed by atoms with E-state index in [0.29, 0.717) is 18.5 Å². The zero-order valence-corrected chi connectivity index (χ0v) is 15.8. The highest BCUT2D eigenvalue weighted by atomic mass is 32.2. The lowest BCUT2D eigenvalue weighted by Gasteiger charge is -2.35. The molecule has 2 atom stereocenters. The first kappa shape index (κ1) is 18.3. The minimum absolute atomic E-state index is 0.0336. The van der Waals surface area contributed by atoms with E-state index in [4.69, 9.17) is 0 Å². The van der Waals surface area contributed by atoms with Gasteiger partial charge < -0.3 is 15.5 Å². The standard InChI is InChI=1S/C19H27N3O2S/c1-13(2)22-9-5-6-14(12-22)11-20-18(23)10-17-19(24)21-15-7-3-4-8-16(15)25-17/h3-4,7-8,13-14,17H,5-6,9-12H2,1-2H3,(H,20,23)(H,21,24). The predicted octanol–water partition coefficient (Wildman–Crippen LogP) is 2.73. The van der Waals surface area contributed by atoms with Crippen LogP contribution in [0, 0.1) is 5.92 Å². The van der Waals surface area contributed by atoms with Gasteiger partial charge in [-0.1, -0.05) is 12.1 Å². The van der Waals surface area contributed by atoms with Crippen LogP contribution in [0.15, 0.2) is 29.2 Å². The number of hydrogen-bond acceptors (Lipinski definition) is 4. The van der Waals surface area contributed by atoms with Gasteiger partial charge in [-0.3, -0.25) is 9.59 Å². The summed E-state index contributed by atoms with van der Waals surface area (Å²) in [6, 6.07) is 8.27. The van der Waals surface area contributed by atoms with Gasteiger partial charge in [0.2, 0.25) is 11.8 Å². The van der Waals surface area contributed by atoms with Crippen molar-refractivity contribution >= 4 is 29.3 Å². The van der Waals surface area contributed by atoms with E-state index < -0.39 is 0 Å². The number of nitrogens with zero attached hydrogens (tertiary/aromatic N) is 1. The number of anilines is 1. The van der Waals surface area contributed by atoms with E-state index in [9.17, 15) is 9.59 Å². The first-order valence-corrected chi connectivity index (χ1v) is 9.98. The van der Waals surface area contributed by atoms with Crippen LogP contribution in [-0.4, -0.2) is 47.6 Å². The number of carbonyl (C=O) groups excluding carboxylic acids is 2. The van der Waals surface area contributed by atoms with Crippen LogP contribution < -0.4 is 10.6 Å². The van der Waals surface area contributed by atoms with Crippen molar-refractivity contribution in [1.29, 1.82) is 0 Å². The summed E-state index contributed by atoms with van der Waals surface area (Å²) in [5, 5.41) is 5.58. The zero-order chi connectivity index (χ0) is 17.8. The predicted molar refractivity (Wildman–Crippen MR) is 102 cm³/mol. The SMILES string of the molecule is CC(C)N1CCCC(CNC(=O)CC2Sc3ccccc3NC2=O)C1. The van der Waals surface area contributed by atoms with Gasteiger partial charge in [0, 0.05) is 30.4 Å². The lowest BCUT2D eigenvalue weighted by Crippen LogP contribution is -2.44. The topological polar surface area (TPSA) is 61.4 Å². The maximum atomic E-state index is 12.3. The molecule has 1 aromatic carbocycles. The van der Waals surface area contributed by atoms with E-state index in [1.54, 1.807) is 0 Å². The summed E-state index contributed by atoms with van der Waals surface area (Å²) in [4.78, 5) is 28.0. The Balaban J connectivity index is 1.47. The average molecular weight is 362 g/mol. The summed E-state index contributed by atoms with van der Waals surface area (Å²) in [6.45, 7) is 7.34. The molecule has 1 aromatic rings. The van der Waals surface area contributed by atoms with E-state index in [1.165, 1.54) is 18.2 Å².